The van der Waals surface area contributed by atoms with Gasteiger partial charge in [0, 0.05) is 44.6 Å². The molecule has 2 aliphatic rings. The van der Waals surface area contributed by atoms with Crippen molar-refractivity contribution in [3.63, 3.8) is 0 Å². The summed E-state index contributed by atoms with van der Waals surface area (Å²) in [7, 11) is 0. The fraction of sp³-hybridized carbons (Fsp3) is 0.348. The zero-order chi connectivity index (χ0) is 22.7. The highest BCUT2D eigenvalue weighted by molar-refractivity contribution is 6.33. The van der Waals surface area contributed by atoms with Gasteiger partial charge in [0.15, 0.2) is 17.3 Å². The van der Waals surface area contributed by atoms with Gasteiger partial charge in [0.2, 0.25) is 5.91 Å². The fourth-order valence-corrected chi connectivity index (χ4v) is 3.98. The molecule has 1 saturated heterocycles. The summed E-state index contributed by atoms with van der Waals surface area (Å²) in [5, 5.41) is 0.0613. The van der Waals surface area contributed by atoms with Crippen LogP contribution < -0.4 is 9.47 Å². The van der Waals surface area contributed by atoms with Crippen LogP contribution in [0.4, 0.5) is 4.39 Å². The molecule has 32 heavy (non-hydrogen) atoms. The van der Waals surface area contributed by atoms with E-state index in [1.54, 1.807) is 28.0 Å². The van der Waals surface area contributed by atoms with E-state index in [2.05, 4.69) is 0 Å². The average Bonchev–Trinajstić information content (AvgIpc) is 2.81. The molecule has 9 heteroatoms. The quantitative estimate of drug-likeness (QED) is 0.640. The number of benzene rings is 2. The van der Waals surface area contributed by atoms with E-state index in [1.807, 2.05) is 0 Å². The second-order valence-electron chi connectivity index (χ2n) is 7.58. The van der Waals surface area contributed by atoms with E-state index in [0.717, 1.165) is 6.07 Å². The van der Waals surface area contributed by atoms with Gasteiger partial charge in [-0.3, -0.25) is 14.4 Å². The number of piperazine rings is 1. The predicted molar refractivity (Wildman–Crippen MR) is 115 cm³/mol. The molecule has 0 aromatic heterocycles. The summed E-state index contributed by atoms with van der Waals surface area (Å²) >= 11 is 5.98. The largest absolute Gasteiger partial charge is 0.486 e. The lowest BCUT2D eigenvalue weighted by molar-refractivity contribution is -0.132. The molecule has 168 valence electrons. The number of carbonyl (C=O) groups is 3. The van der Waals surface area contributed by atoms with Crippen LogP contribution in [0.2, 0.25) is 5.02 Å². The molecule has 2 heterocycles. The second kappa shape index (κ2) is 9.56. The molecule has 0 bridgehead atoms. The minimum atomic E-state index is -0.507. The van der Waals surface area contributed by atoms with Crippen LogP contribution in [-0.4, -0.2) is 66.8 Å². The molecular formula is C23H22ClFN2O5. The van der Waals surface area contributed by atoms with Crippen molar-refractivity contribution < 1.29 is 28.2 Å². The zero-order valence-corrected chi connectivity index (χ0v) is 18.1. The zero-order valence-electron chi connectivity index (χ0n) is 17.3. The SMILES string of the molecule is O=C(CCC(=O)N1CCN(C(=O)c2ccc(F)cc2Cl)CC1)c1ccc2c(c1)OCCO2. The molecule has 0 atom stereocenters. The first-order chi connectivity index (χ1) is 15.4. The Labute approximate surface area is 189 Å². The van der Waals surface area contributed by atoms with Gasteiger partial charge < -0.3 is 19.3 Å². The van der Waals surface area contributed by atoms with Crippen molar-refractivity contribution in [3.05, 3.63) is 58.4 Å². The number of hydrogen-bond donors (Lipinski definition) is 0. The summed E-state index contributed by atoms with van der Waals surface area (Å²) < 4.78 is 24.2. The second-order valence-corrected chi connectivity index (χ2v) is 7.99. The Balaban J connectivity index is 1.27. The first kappa shape index (κ1) is 22.1. The number of nitrogens with zero attached hydrogens (tertiary/aromatic N) is 2. The van der Waals surface area contributed by atoms with Crippen molar-refractivity contribution in [2.75, 3.05) is 39.4 Å². The Bertz CT molecular complexity index is 1050. The molecular weight excluding hydrogens is 439 g/mol. The number of ketones is 1. The number of halogens is 2. The lowest BCUT2D eigenvalue weighted by Crippen LogP contribution is -2.50. The van der Waals surface area contributed by atoms with Gasteiger partial charge in [-0.25, -0.2) is 4.39 Å². The highest BCUT2D eigenvalue weighted by Crippen LogP contribution is 2.31. The maximum atomic E-state index is 13.2. The number of ether oxygens (including phenoxy) is 2. The van der Waals surface area contributed by atoms with E-state index in [-0.39, 0.29) is 41.0 Å². The normalized spacial score (nSPS) is 15.4. The third kappa shape index (κ3) is 4.85. The van der Waals surface area contributed by atoms with Gasteiger partial charge >= 0.3 is 0 Å². The average molecular weight is 461 g/mol. The lowest BCUT2D eigenvalue weighted by Gasteiger charge is -2.35. The molecule has 0 saturated carbocycles. The highest BCUT2D eigenvalue weighted by Gasteiger charge is 2.26. The minimum absolute atomic E-state index is 0.0613. The number of amides is 2. The Morgan fingerprint density at radius 1 is 0.875 bits per heavy atom. The van der Waals surface area contributed by atoms with Crippen LogP contribution in [0, 0.1) is 5.82 Å². The molecule has 4 rings (SSSR count). The van der Waals surface area contributed by atoms with Crippen LogP contribution in [0.15, 0.2) is 36.4 Å². The molecule has 1 fully saturated rings. The molecule has 0 spiro atoms. The fourth-order valence-electron chi connectivity index (χ4n) is 3.73. The first-order valence-electron chi connectivity index (χ1n) is 10.4. The van der Waals surface area contributed by atoms with Crippen LogP contribution in [-0.2, 0) is 4.79 Å². The van der Waals surface area contributed by atoms with Crippen molar-refractivity contribution in [2.24, 2.45) is 0 Å². The van der Waals surface area contributed by atoms with Gasteiger partial charge in [0.05, 0.1) is 10.6 Å². The Kier molecular flexibility index (Phi) is 6.60. The summed E-state index contributed by atoms with van der Waals surface area (Å²) in [5.74, 6) is 0.0650. The van der Waals surface area contributed by atoms with Gasteiger partial charge in [0.1, 0.15) is 19.0 Å². The maximum absolute atomic E-state index is 13.2. The molecule has 7 nitrogen and oxygen atoms in total. The van der Waals surface area contributed by atoms with Crippen molar-refractivity contribution in [2.45, 2.75) is 12.8 Å². The van der Waals surface area contributed by atoms with Crippen molar-refractivity contribution in [1.82, 2.24) is 9.80 Å². The monoisotopic (exact) mass is 460 g/mol. The molecule has 0 radical (unpaired) electrons. The van der Waals surface area contributed by atoms with Gasteiger partial charge in [-0.2, -0.15) is 0 Å². The highest BCUT2D eigenvalue weighted by atomic mass is 35.5. The van der Waals surface area contributed by atoms with E-state index in [0.29, 0.717) is 56.5 Å². The van der Waals surface area contributed by atoms with E-state index in [4.69, 9.17) is 21.1 Å². The van der Waals surface area contributed by atoms with E-state index in [1.165, 1.54) is 12.1 Å². The summed E-state index contributed by atoms with van der Waals surface area (Å²) in [6.07, 6.45) is 0.174. The number of rotatable bonds is 5. The number of hydrogen-bond acceptors (Lipinski definition) is 5. The summed E-state index contributed by atoms with van der Waals surface area (Å²) in [4.78, 5) is 40.9. The number of Topliss-reactive ketones (excluding diaryl/α,β-unsaturated/α-hetero) is 1. The Morgan fingerprint density at radius 2 is 1.56 bits per heavy atom. The van der Waals surface area contributed by atoms with Crippen molar-refractivity contribution >= 4 is 29.2 Å². The maximum Gasteiger partial charge on any atom is 0.255 e. The van der Waals surface area contributed by atoms with E-state index >= 15 is 0 Å². The third-order valence-electron chi connectivity index (χ3n) is 5.51. The number of fused-ring (bicyclic) bond motifs is 1. The third-order valence-corrected chi connectivity index (χ3v) is 5.82. The summed E-state index contributed by atoms with van der Waals surface area (Å²) in [6, 6.07) is 8.68. The molecule has 2 amide bonds. The molecule has 0 aliphatic carbocycles. The molecule has 2 aliphatic heterocycles. The van der Waals surface area contributed by atoms with Crippen LogP contribution >= 0.6 is 11.6 Å². The van der Waals surface area contributed by atoms with Crippen LogP contribution in [0.25, 0.3) is 0 Å². The van der Waals surface area contributed by atoms with Crippen LogP contribution in [0.3, 0.4) is 0 Å². The molecule has 0 unspecified atom stereocenters. The van der Waals surface area contributed by atoms with E-state index < -0.39 is 5.82 Å². The predicted octanol–water partition coefficient (Wildman–Crippen LogP) is 3.20. The van der Waals surface area contributed by atoms with Gasteiger partial charge in [0.25, 0.3) is 5.91 Å². The van der Waals surface area contributed by atoms with Gasteiger partial charge in [-0.05, 0) is 36.4 Å². The lowest BCUT2D eigenvalue weighted by atomic mass is 10.1. The topological polar surface area (TPSA) is 76.2 Å². The molecule has 2 aromatic carbocycles. The van der Waals surface area contributed by atoms with E-state index in [9.17, 15) is 18.8 Å². The first-order valence-corrected chi connectivity index (χ1v) is 10.7. The summed E-state index contributed by atoms with van der Waals surface area (Å²) in [6.45, 7) is 2.32. The molecule has 0 N–H and O–H groups in total. The van der Waals surface area contributed by atoms with Gasteiger partial charge in [-0.1, -0.05) is 11.6 Å². The van der Waals surface area contributed by atoms with Crippen molar-refractivity contribution in [1.29, 1.82) is 0 Å². The smallest absolute Gasteiger partial charge is 0.255 e. The minimum Gasteiger partial charge on any atom is -0.486 e. The number of carbonyl (C=O) groups excluding carboxylic acids is 3. The molecule has 2 aromatic rings. The van der Waals surface area contributed by atoms with Crippen LogP contribution in [0.5, 0.6) is 11.5 Å². The standard InChI is InChI=1S/C23H22ClFN2O5/c24-18-14-16(25)2-3-17(18)23(30)27-9-7-26(8-10-27)22(29)6-4-19(28)15-1-5-20-21(13-15)32-12-11-31-20/h1-3,5,13-14H,4,6-12H2. The Hall–Kier alpha value is -3.13. The van der Waals surface area contributed by atoms with Crippen LogP contribution in [0.1, 0.15) is 33.6 Å². The van der Waals surface area contributed by atoms with Gasteiger partial charge in [-0.15, -0.1) is 0 Å². The van der Waals surface area contributed by atoms with Crippen molar-refractivity contribution in [3.8, 4) is 11.5 Å². The Morgan fingerprint density at radius 3 is 2.28 bits per heavy atom. The summed E-state index contributed by atoms with van der Waals surface area (Å²) in [5.41, 5.74) is 0.714.